The number of nitrogens with zero attached hydrogens (tertiary/aromatic N) is 1. The summed E-state index contributed by atoms with van der Waals surface area (Å²) >= 11 is 0. The van der Waals surface area contributed by atoms with Crippen LogP contribution in [0.1, 0.15) is 79.7 Å². The second kappa shape index (κ2) is 9.23. The van der Waals surface area contributed by atoms with E-state index in [-0.39, 0.29) is 52.8 Å². The van der Waals surface area contributed by atoms with Crippen LogP contribution >= 0.6 is 0 Å². The SMILES string of the molecule is CC(C)CN1C(=O)c2ccc(CC(=O)C3CCC(CS(=O)(=O)C(C)C)CC3)cc2C1=O. The van der Waals surface area contributed by atoms with E-state index in [0.29, 0.717) is 30.5 Å². The molecule has 0 N–H and O–H groups in total. The lowest BCUT2D eigenvalue weighted by molar-refractivity contribution is -0.123. The number of carbonyl (C=O) groups excluding carboxylic acids is 3. The molecular formula is C24H33NO5S. The molecule has 0 radical (unpaired) electrons. The van der Waals surface area contributed by atoms with Gasteiger partial charge < -0.3 is 0 Å². The predicted molar refractivity (Wildman–Crippen MR) is 120 cm³/mol. The molecule has 2 aliphatic rings. The molecule has 3 rings (SSSR count). The molecule has 1 heterocycles. The van der Waals surface area contributed by atoms with Crippen molar-refractivity contribution in [1.29, 1.82) is 0 Å². The Kier molecular flexibility index (Phi) is 7.04. The smallest absolute Gasteiger partial charge is 0.261 e. The van der Waals surface area contributed by atoms with Crippen LogP contribution in [0.15, 0.2) is 18.2 Å². The molecule has 0 bridgehead atoms. The van der Waals surface area contributed by atoms with Crippen molar-refractivity contribution < 1.29 is 22.8 Å². The van der Waals surface area contributed by atoms with Gasteiger partial charge in [0.05, 0.1) is 22.1 Å². The van der Waals surface area contributed by atoms with Crippen molar-refractivity contribution in [2.24, 2.45) is 17.8 Å². The van der Waals surface area contributed by atoms with E-state index in [0.717, 1.165) is 18.4 Å². The van der Waals surface area contributed by atoms with Gasteiger partial charge in [0.1, 0.15) is 5.78 Å². The van der Waals surface area contributed by atoms with Crippen molar-refractivity contribution in [3.8, 4) is 0 Å². The van der Waals surface area contributed by atoms with Crippen LogP contribution in [0.25, 0.3) is 0 Å². The summed E-state index contributed by atoms with van der Waals surface area (Å²) < 4.78 is 24.3. The van der Waals surface area contributed by atoms with Crippen molar-refractivity contribution in [1.82, 2.24) is 4.90 Å². The first kappa shape index (κ1) is 23.6. The summed E-state index contributed by atoms with van der Waals surface area (Å²) in [7, 11) is -3.06. The Morgan fingerprint density at radius 1 is 1.00 bits per heavy atom. The monoisotopic (exact) mass is 447 g/mol. The van der Waals surface area contributed by atoms with Gasteiger partial charge in [0, 0.05) is 18.9 Å². The molecule has 31 heavy (non-hydrogen) atoms. The summed E-state index contributed by atoms with van der Waals surface area (Å²) in [6.45, 7) is 7.72. The number of hydrogen-bond donors (Lipinski definition) is 0. The van der Waals surface area contributed by atoms with Crippen LogP contribution in [-0.2, 0) is 21.1 Å². The molecule has 1 aromatic rings. The number of imide groups is 1. The number of carbonyl (C=O) groups is 3. The summed E-state index contributed by atoms with van der Waals surface area (Å²) in [6, 6.07) is 5.11. The van der Waals surface area contributed by atoms with E-state index in [9.17, 15) is 22.8 Å². The summed E-state index contributed by atoms with van der Waals surface area (Å²) in [6.07, 6.45) is 3.16. The average molecular weight is 448 g/mol. The lowest BCUT2D eigenvalue weighted by Gasteiger charge is -2.28. The number of amides is 2. The first-order chi connectivity index (χ1) is 14.5. The van der Waals surface area contributed by atoms with Gasteiger partial charge >= 0.3 is 0 Å². The first-order valence-electron chi connectivity index (χ1n) is 11.2. The molecule has 0 aromatic heterocycles. The van der Waals surface area contributed by atoms with Crippen LogP contribution < -0.4 is 0 Å². The molecule has 1 aromatic carbocycles. The highest BCUT2D eigenvalue weighted by atomic mass is 32.2. The molecule has 0 atom stereocenters. The fourth-order valence-electron chi connectivity index (χ4n) is 4.50. The van der Waals surface area contributed by atoms with Crippen LogP contribution in [0.2, 0.25) is 0 Å². The fourth-order valence-corrected chi connectivity index (χ4v) is 5.87. The number of rotatable bonds is 8. The molecule has 1 saturated carbocycles. The summed E-state index contributed by atoms with van der Waals surface area (Å²) in [5.74, 6) is 0.0402. The number of ketones is 1. The van der Waals surface area contributed by atoms with Gasteiger partial charge in [-0.25, -0.2) is 8.42 Å². The topological polar surface area (TPSA) is 88.6 Å². The van der Waals surface area contributed by atoms with E-state index >= 15 is 0 Å². The molecule has 0 spiro atoms. The van der Waals surface area contributed by atoms with Crippen molar-refractivity contribution in [3.63, 3.8) is 0 Å². The van der Waals surface area contributed by atoms with Crippen molar-refractivity contribution in [2.75, 3.05) is 12.3 Å². The fraction of sp³-hybridized carbons (Fsp3) is 0.625. The van der Waals surface area contributed by atoms with Gasteiger partial charge in [-0.05, 0) is 69.1 Å². The zero-order chi connectivity index (χ0) is 22.9. The number of fused-ring (bicyclic) bond motifs is 1. The molecule has 7 heteroatoms. The average Bonchev–Trinajstić information content (AvgIpc) is 2.92. The molecule has 2 amide bonds. The highest BCUT2D eigenvalue weighted by Gasteiger charge is 2.36. The van der Waals surface area contributed by atoms with Crippen LogP contribution in [-0.4, -0.2) is 48.5 Å². The Morgan fingerprint density at radius 2 is 1.61 bits per heavy atom. The maximum atomic E-state index is 12.8. The Morgan fingerprint density at radius 3 is 2.19 bits per heavy atom. The maximum absolute atomic E-state index is 12.8. The van der Waals surface area contributed by atoms with E-state index < -0.39 is 9.84 Å². The standard InChI is InChI=1S/C24H33NO5S/c1-15(2)13-25-23(27)20-10-7-18(11-21(20)24(25)28)12-22(26)19-8-5-17(6-9-19)14-31(29,30)16(3)4/h7,10-11,15-17,19H,5-6,8-9,12-14H2,1-4H3. The minimum Gasteiger partial charge on any atom is -0.299 e. The predicted octanol–water partition coefficient (Wildman–Crippen LogP) is 3.68. The largest absolute Gasteiger partial charge is 0.299 e. The van der Waals surface area contributed by atoms with Crippen molar-refractivity contribution >= 4 is 27.4 Å². The molecule has 1 aliphatic heterocycles. The van der Waals surface area contributed by atoms with Crippen LogP contribution in [0.5, 0.6) is 0 Å². The van der Waals surface area contributed by atoms with Gasteiger partial charge in [-0.15, -0.1) is 0 Å². The van der Waals surface area contributed by atoms with Crippen molar-refractivity contribution in [2.45, 2.75) is 65.0 Å². The Bertz CT molecular complexity index is 972. The zero-order valence-electron chi connectivity index (χ0n) is 18.9. The molecule has 0 unspecified atom stereocenters. The minimum atomic E-state index is -3.06. The quantitative estimate of drug-likeness (QED) is 0.567. The second-order valence-electron chi connectivity index (χ2n) is 9.73. The summed E-state index contributed by atoms with van der Waals surface area (Å²) in [4.78, 5) is 39.3. The van der Waals surface area contributed by atoms with Gasteiger partial charge in [0.15, 0.2) is 9.84 Å². The highest BCUT2D eigenvalue weighted by Crippen LogP contribution is 2.32. The van der Waals surface area contributed by atoms with Gasteiger partial charge in [0.25, 0.3) is 11.8 Å². The Labute approximate surface area is 185 Å². The van der Waals surface area contributed by atoms with E-state index in [1.807, 2.05) is 13.8 Å². The Hall–Kier alpha value is -2.02. The maximum Gasteiger partial charge on any atom is 0.261 e. The van der Waals surface area contributed by atoms with Crippen LogP contribution in [0, 0.1) is 17.8 Å². The van der Waals surface area contributed by atoms with Gasteiger partial charge in [-0.2, -0.15) is 0 Å². The summed E-state index contributed by atoms with van der Waals surface area (Å²) in [5, 5.41) is -0.363. The highest BCUT2D eigenvalue weighted by molar-refractivity contribution is 7.91. The zero-order valence-corrected chi connectivity index (χ0v) is 19.7. The molecule has 0 saturated heterocycles. The minimum absolute atomic E-state index is 0.0685. The van der Waals surface area contributed by atoms with E-state index in [1.54, 1.807) is 32.0 Å². The third-order valence-corrected chi connectivity index (χ3v) is 8.82. The van der Waals surface area contributed by atoms with Crippen LogP contribution in [0.4, 0.5) is 0 Å². The number of sulfone groups is 1. The Balaban J connectivity index is 1.60. The molecule has 170 valence electrons. The van der Waals surface area contributed by atoms with Gasteiger partial charge in [-0.3, -0.25) is 19.3 Å². The third kappa shape index (κ3) is 5.25. The van der Waals surface area contributed by atoms with Gasteiger partial charge in [-0.1, -0.05) is 19.9 Å². The number of Topliss-reactive ketones (excluding diaryl/α,β-unsaturated/α-hetero) is 1. The second-order valence-corrected chi connectivity index (χ2v) is 12.3. The van der Waals surface area contributed by atoms with E-state index in [4.69, 9.17) is 0 Å². The number of benzene rings is 1. The number of hydrogen-bond acceptors (Lipinski definition) is 5. The normalized spacial score (nSPS) is 21.8. The van der Waals surface area contributed by atoms with E-state index in [2.05, 4.69) is 0 Å². The lowest BCUT2D eigenvalue weighted by Crippen LogP contribution is -2.33. The van der Waals surface area contributed by atoms with E-state index in [1.165, 1.54) is 4.90 Å². The molecule has 6 nitrogen and oxygen atoms in total. The first-order valence-corrected chi connectivity index (χ1v) is 12.9. The molecule has 1 fully saturated rings. The van der Waals surface area contributed by atoms with Crippen molar-refractivity contribution in [3.05, 3.63) is 34.9 Å². The lowest BCUT2D eigenvalue weighted by atomic mass is 9.79. The third-order valence-electron chi connectivity index (χ3n) is 6.45. The molecular weight excluding hydrogens is 414 g/mol. The van der Waals surface area contributed by atoms with Crippen LogP contribution in [0.3, 0.4) is 0 Å². The summed E-state index contributed by atoms with van der Waals surface area (Å²) in [5.41, 5.74) is 1.55. The van der Waals surface area contributed by atoms with Gasteiger partial charge in [0.2, 0.25) is 0 Å². The molecule has 1 aliphatic carbocycles.